The van der Waals surface area contributed by atoms with Gasteiger partial charge in [0, 0.05) is 20.0 Å². The molecule has 0 saturated carbocycles. The van der Waals surface area contributed by atoms with E-state index in [-0.39, 0.29) is 11.2 Å². The Morgan fingerprint density at radius 1 is 1.10 bits per heavy atom. The monoisotopic (exact) mass is 440 g/mol. The van der Waals surface area contributed by atoms with Gasteiger partial charge in [0.05, 0.1) is 18.1 Å². The third-order valence-corrected chi connectivity index (χ3v) is 6.15. The lowest BCUT2D eigenvalue weighted by molar-refractivity contribution is -0.157. The summed E-state index contributed by atoms with van der Waals surface area (Å²) in [5, 5.41) is 1.63. The molecule has 1 aliphatic heterocycles. The van der Waals surface area contributed by atoms with Gasteiger partial charge in [-0.3, -0.25) is 9.59 Å². The first-order valence-electron chi connectivity index (χ1n) is 10.1. The van der Waals surface area contributed by atoms with Gasteiger partial charge < -0.3 is 19.3 Å². The number of hydrogen-bond donors (Lipinski definition) is 0. The molecule has 2 atom stereocenters. The molecule has 31 heavy (non-hydrogen) atoms. The Balaban J connectivity index is 2.05. The second-order valence-electron chi connectivity index (χ2n) is 7.52. The Morgan fingerprint density at radius 3 is 2.35 bits per heavy atom. The fourth-order valence-corrected chi connectivity index (χ4v) is 4.54. The lowest BCUT2D eigenvalue weighted by Gasteiger charge is -2.30. The fraction of sp³-hybridized carbons (Fsp3) is 0.333. The molecule has 2 aromatic rings. The van der Waals surface area contributed by atoms with Crippen molar-refractivity contribution in [3.63, 3.8) is 0 Å². The molecule has 6 nitrogen and oxygen atoms in total. The van der Waals surface area contributed by atoms with Gasteiger partial charge in [0.2, 0.25) is 0 Å². The third kappa shape index (κ3) is 5.68. The minimum Gasteiger partial charge on any atom is -0.497 e. The third-order valence-electron chi connectivity index (χ3n) is 4.98. The van der Waals surface area contributed by atoms with Crippen molar-refractivity contribution in [1.29, 1.82) is 0 Å². The number of esters is 1. The quantitative estimate of drug-likeness (QED) is 0.611. The molecule has 0 N–H and O–H groups in total. The minimum atomic E-state index is -0.935. The molecule has 164 valence electrons. The number of likely N-dealkylation sites (N-methyl/N-ethyl adjacent to an activating group) is 1. The number of benzene rings is 2. The van der Waals surface area contributed by atoms with Crippen LogP contribution in [0.3, 0.4) is 0 Å². The number of hydrogen-bond acceptors (Lipinski definition) is 6. The first-order valence-corrected chi connectivity index (χ1v) is 11.0. The van der Waals surface area contributed by atoms with Crippen LogP contribution in [-0.2, 0) is 14.3 Å². The van der Waals surface area contributed by atoms with E-state index in [1.165, 1.54) is 18.7 Å². The zero-order valence-electron chi connectivity index (χ0n) is 18.3. The highest BCUT2D eigenvalue weighted by Crippen LogP contribution is 2.42. The molecule has 2 aromatic carbocycles. The molecular formula is C24H28N2O4S. The number of rotatable bonds is 7. The zero-order valence-corrected chi connectivity index (χ0v) is 19.1. The summed E-state index contributed by atoms with van der Waals surface area (Å²) < 4.78 is 10.9. The van der Waals surface area contributed by atoms with Crippen molar-refractivity contribution in [2.24, 2.45) is 0 Å². The standard InChI is InChI=1S/C24H28N2O4S/c1-17(27)30-22-23(19-10-12-20(29-4)13-11-19)31-16-21(18-8-6-5-7-9-18)26(24(22)28)15-14-25(2)3/h5-13,16,22-23H,14-15H2,1-4H3/t22-,23-/m1/s1. The Hall–Kier alpha value is -2.77. The van der Waals surface area contributed by atoms with Crippen LogP contribution in [0.4, 0.5) is 0 Å². The van der Waals surface area contributed by atoms with Crippen molar-refractivity contribution >= 4 is 29.3 Å². The zero-order chi connectivity index (χ0) is 22.4. The largest absolute Gasteiger partial charge is 0.497 e. The van der Waals surface area contributed by atoms with Gasteiger partial charge in [0.15, 0.2) is 6.10 Å². The van der Waals surface area contributed by atoms with Gasteiger partial charge in [-0.05, 0) is 42.8 Å². The SMILES string of the molecule is COc1ccc([C@H]2SC=C(c3ccccc3)N(CCN(C)C)C(=O)[C@@H]2OC(C)=O)cc1. The second kappa shape index (κ2) is 10.5. The van der Waals surface area contributed by atoms with Crippen LogP contribution < -0.4 is 4.74 Å². The molecular weight excluding hydrogens is 412 g/mol. The van der Waals surface area contributed by atoms with E-state index in [1.54, 1.807) is 12.0 Å². The van der Waals surface area contributed by atoms with Crippen LogP contribution in [0.15, 0.2) is 60.0 Å². The predicted molar refractivity (Wildman–Crippen MR) is 124 cm³/mol. The summed E-state index contributed by atoms with van der Waals surface area (Å²) >= 11 is 1.49. The lowest BCUT2D eigenvalue weighted by Crippen LogP contribution is -2.43. The minimum absolute atomic E-state index is 0.224. The molecule has 0 radical (unpaired) electrons. The first-order chi connectivity index (χ1) is 14.9. The Labute approximate surface area is 187 Å². The number of methoxy groups -OCH3 is 1. The fourth-order valence-electron chi connectivity index (χ4n) is 3.38. The van der Waals surface area contributed by atoms with Gasteiger partial charge >= 0.3 is 5.97 Å². The smallest absolute Gasteiger partial charge is 0.303 e. The number of amides is 1. The Bertz CT molecular complexity index is 928. The lowest BCUT2D eigenvalue weighted by atomic mass is 10.0. The van der Waals surface area contributed by atoms with E-state index in [0.29, 0.717) is 13.1 Å². The van der Waals surface area contributed by atoms with Crippen molar-refractivity contribution in [2.75, 3.05) is 34.3 Å². The van der Waals surface area contributed by atoms with Crippen molar-refractivity contribution < 1.29 is 19.1 Å². The highest BCUT2D eigenvalue weighted by Gasteiger charge is 2.39. The van der Waals surface area contributed by atoms with E-state index in [9.17, 15) is 9.59 Å². The molecule has 0 bridgehead atoms. The molecule has 7 heteroatoms. The number of thioether (sulfide) groups is 1. The van der Waals surface area contributed by atoms with Crippen molar-refractivity contribution in [3.8, 4) is 5.75 Å². The average Bonchev–Trinajstić information content (AvgIpc) is 2.89. The summed E-state index contributed by atoms with van der Waals surface area (Å²) in [4.78, 5) is 29.4. The predicted octanol–water partition coefficient (Wildman–Crippen LogP) is 3.80. The first kappa shape index (κ1) is 22.9. The molecule has 0 aliphatic carbocycles. The van der Waals surface area contributed by atoms with Gasteiger partial charge in [-0.2, -0.15) is 0 Å². The molecule has 0 unspecified atom stereocenters. The summed E-state index contributed by atoms with van der Waals surface area (Å²) in [6, 6.07) is 17.3. The summed E-state index contributed by atoms with van der Waals surface area (Å²) in [6.07, 6.45) is -0.935. The number of nitrogens with zero attached hydrogens (tertiary/aromatic N) is 2. The molecule has 0 fully saturated rings. The van der Waals surface area contributed by atoms with E-state index < -0.39 is 12.1 Å². The summed E-state index contributed by atoms with van der Waals surface area (Å²) in [5.41, 5.74) is 2.65. The average molecular weight is 441 g/mol. The van der Waals surface area contributed by atoms with E-state index >= 15 is 0 Å². The molecule has 0 saturated heterocycles. The number of ether oxygens (including phenoxy) is 2. The van der Waals surface area contributed by atoms with Crippen LogP contribution in [0.1, 0.15) is 23.3 Å². The normalized spacial score (nSPS) is 19.1. The van der Waals surface area contributed by atoms with Gasteiger partial charge in [0.1, 0.15) is 5.75 Å². The van der Waals surface area contributed by atoms with Gasteiger partial charge in [-0.15, -0.1) is 11.8 Å². The van der Waals surface area contributed by atoms with Crippen LogP contribution in [0.2, 0.25) is 0 Å². The molecule has 0 spiro atoms. The van der Waals surface area contributed by atoms with E-state index in [0.717, 1.165) is 22.6 Å². The maximum Gasteiger partial charge on any atom is 0.303 e. The van der Waals surface area contributed by atoms with Gasteiger partial charge in [-0.1, -0.05) is 42.5 Å². The van der Waals surface area contributed by atoms with Crippen LogP contribution in [0.25, 0.3) is 5.70 Å². The second-order valence-corrected chi connectivity index (χ2v) is 8.54. The topological polar surface area (TPSA) is 59.1 Å². The highest BCUT2D eigenvalue weighted by molar-refractivity contribution is 8.02. The summed E-state index contributed by atoms with van der Waals surface area (Å²) in [7, 11) is 5.54. The molecule has 3 rings (SSSR count). The molecule has 0 aromatic heterocycles. The van der Waals surface area contributed by atoms with Crippen LogP contribution in [0, 0.1) is 0 Å². The Kier molecular flexibility index (Phi) is 7.76. The van der Waals surface area contributed by atoms with Crippen molar-refractivity contribution in [2.45, 2.75) is 18.3 Å². The maximum absolute atomic E-state index is 13.7. The van der Waals surface area contributed by atoms with Crippen LogP contribution in [-0.4, -0.2) is 62.1 Å². The molecule has 1 heterocycles. The van der Waals surface area contributed by atoms with Crippen LogP contribution >= 0.6 is 11.8 Å². The Morgan fingerprint density at radius 2 is 1.77 bits per heavy atom. The summed E-state index contributed by atoms with van der Waals surface area (Å²) in [6.45, 7) is 2.50. The van der Waals surface area contributed by atoms with Crippen molar-refractivity contribution in [3.05, 3.63) is 71.1 Å². The number of carbonyl (C=O) groups is 2. The highest BCUT2D eigenvalue weighted by atomic mass is 32.2. The molecule has 1 amide bonds. The molecule has 1 aliphatic rings. The van der Waals surface area contributed by atoms with E-state index in [1.807, 2.05) is 79.0 Å². The van der Waals surface area contributed by atoms with Crippen LogP contribution in [0.5, 0.6) is 5.75 Å². The van der Waals surface area contributed by atoms with Crippen molar-refractivity contribution in [1.82, 2.24) is 9.80 Å². The van der Waals surface area contributed by atoms with Gasteiger partial charge in [0.25, 0.3) is 5.91 Å². The van der Waals surface area contributed by atoms with E-state index in [4.69, 9.17) is 9.47 Å². The number of carbonyl (C=O) groups excluding carboxylic acids is 2. The van der Waals surface area contributed by atoms with Gasteiger partial charge in [-0.25, -0.2) is 0 Å². The maximum atomic E-state index is 13.7. The summed E-state index contributed by atoms with van der Waals surface area (Å²) in [5.74, 6) is 0.0250. The van der Waals surface area contributed by atoms with E-state index in [2.05, 4.69) is 0 Å².